The molecule has 0 atom stereocenters. The molecule has 0 bridgehead atoms. The second kappa shape index (κ2) is 5.88. The van der Waals surface area contributed by atoms with E-state index in [1.54, 1.807) is 0 Å². The molecule has 0 saturated heterocycles. The number of hydrazine groups is 1. The maximum Gasteiger partial charge on any atom is 0.150 e. The standard InChI is InChI=1S/C19H20N4/c1-15-7-5-6-10-17(15)19-21-12-14-23(19)22-13-11-20-18(22)16-8-3-2-4-9-16/h2-10H,11-14H2,1H3. The lowest BCUT2D eigenvalue weighted by Gasteiger charge is -2.33. The molecule has 2 aliphatic rings. The summed E-state index contributed by atoms with van der Waals surface area (Å²) >= 11 is 0. The lowest BCUT2D eigenvalue weighted by atomic mass is 10.1. The molecule has 2 heterocycles. The molecule has 2 aromatic rings. The van der Waals surface area contributed by atoms with Crippen molar-refractivity contribution in [3.05, 3.63) is 71.3 Å². The highest BCUT2D eigenvalue weighted by molar-refractivity contribution is 6.05. The van der Waals surface area contributed by atoms with E-state index < -0.39 is 0 Å². The second-order valence-electron chi connectivity index (χ2n) is 5.84. The molecular weight excluding hydrogens is 284 g/mol. The number of amidine groups is 2. The van der Waals surface area contributed by atoms with Crippen LogP contribution in [-0.2, 0) is 0 Å². The molecule has 0 amide bonds. The van der Waals surface area contributed by atoms with Gasteiger partial charge in [-0.15, -0.1) is 0 Å². The zero-order valence-electron chi connectivity index (χ0n) is 13.3. The summed E-state index contributed by atoms with van der Waals surface area (Å²) in [7, 11) is 0. The highest BCUT2D eigenvalue weighted by Crippen LogP contribution is 2.21. The van der Waals surface area contributed by atoms with Gasteiger partial charge in [0.15, 0.2) is 0 Å². The average Bonchev–Trinajstić information content (AvgIpc) is 3.25. The SMILES string of the molecule is Cc1ccccc1C1=NCCN1N1CCN=C1c1ccccc1. The Labute approximate surface area is 136 Å². The fourth-order valence-electron chi connectivity index (χ4n) is 3.22. The van der Waals surface area contributed by atoms with Crippen LogP contribution < -0.4 is 0 Å². The topological polar surface area (TPSA) is 31.2 Å². The van der Waals surface area contributed by atoms with Gasteiger partial charge >= 0.3 is 0 Å². The Balaban J connectivity index is 1.67. The van der Waals surface area contributed by atoms with Gasteiger partial charge in [-0.3, -0.25) is 20.0 Å². The molecule has 4 nitrogen and oxygen atoms in total. The smallest absolute Gasteiger partial charge is 0.150 e. The largest absolute Gasteiger partial charge is 0.265 e. The minimum atomic E-state index is 0.835. The van der Waals surface area contributed by atoms with E-state index in [9.17, 15) is 0 Å². The number of hydrogen-bond acceptors (Lipinski definition) is 4. The van der Waals surface area contributed by atoms with Gasteiger partial charge in [-0.2, -0.15) is 0 Å². The van der Waals surface area contributed by atoms with Gasteiger partial charge in [-0.1, -0.05) is 54.6 Å². The Morgan fingerprint density at radius 2 is 1.35 bits per heavy atom. The lowest BCUT2D eigenvalue weighted by Crippen LogP contribution is -2.47. The van der Waals surface area contributed by atoms with E-state index in [0.717, 1.165) is 37.9 Å². The normalized spacial score (nSPS) is 17.4. The van der Waals surface area contributed by atoms with E-state index in [1.165, 1.54) is 16.7 Å². The third-order valence-electron chi connectivity index (χ3n) is 4.35. The Bertz CT molecular complexity index is 764. The molecule has 0 aliphatic carbocycles. The zero-order valence-corrected chi connectivity index (χ0v) is 13.3. The van der Waals surface area contributed by atoms with E-state index in [4.69, 9.17) is 9.98 Å². The van der Waals surface area contributed by atoms with Gasteiger partial charge in [0.25, 0.3) is 0 Å². The first kappa shape index (κ1) is 14.0. The van der Waals surface area contributed by atoms with Crippen LogP contribution in [0.25, 0.3) is 0 Å². The first-order valence-corrected chi connectivity index (χ1v) is 8.10. The Hall–Kier alpha value is -2.62. The molecule has 0 saturated carbocycles. The molecule has 0 aromatic heterocycles. The predicted octanol–water partition coefficient (Wildman–Crippen LogP) is 2.73. The van der Waals surface area contributed by atoms with Gasteiger partial charge in [0.2, 0.25) is 0 Å². The molecule has 4 heteroatoms. The van der Waals surface area contributed by atoms with Crippen molar-refractivity contribution in [1.29, 1.82) is 0 Å². The van der Waals surface area contributed by atoms with Gasteiger partial charge in [0.1, 0.15) is 11.7 Å². The minimum Gasteiger partial charge on any atom is -0.265 e. The molecule has 0 unspecified atom stereocenters. The molecule has 0 fully saturated rings. The highest BCUT2D eigenvalue weighted by atomic mass is 15.7. The number of rotatable bonds is 3. The van der Waals surface area contributed by atoms with Gasteiger partial charge in [0.05, 0.1) is 26.2 Å². The number of hydrogen-bond donors (Lipinski definition) is 0. The summed E-state index contributed by atoms with van der Waals surface area (Å²) < 4.78 is 0. The van der Waals surface area contributed by atoms with E-state index in [2.05, 4.69) is 65.5 Å². The van der Waals surface area contributed by atoms with Crippen LogP contribution in [0, 0.1) is 6.92 Å². The fourth-order valence-corrected chi connectivity index (χ4v) is 3.22. The quantitative estimate of drug-likeness (QED) is 0.873. The predicted molar refractivity (Wildman–Crippen MR) is 93.8 cm³/mol. The number of aryl methyl sites for hydroxylation is 1. The van der Waals surface area contributed by atoms with E-state index in [-0.39, 0.29) is 0 Å². The molecule has 116 valence electrons. The van der Waals surface area contributed by atoms with Crippen LogP contribution in [0.2, 0.25) is 0 Å². The maximum atomic E-state index is 4.77. The van der Waals surface area contributed by atoms with Crippen molar-refractivity contribution in [3.63, 3.8) is 0 Å². The third kappa shape index (κ3) is 2.50. The van der Waals surface area contributed by atoms with Crippen molar-refractivity contribution in [2.75, 3.05) is 26.2 Å². The van der Waals surface area contributed by atoms with Crippen LogP contribution in [0.4, 0.5) is 0 Å². The van der Waals surface area contributed by atoms with Crippen molar-refractivity contribution >= 4 is 11.7 Å². The molecule has 4 rings (SSSR count). The Kier molecular flexibility index (Phi) is 3.58. The van der Waals surface area contributed by atoms with Gasteiger partial charge in [-0.05, 0) is 12.5 Å². The van der Waals surface area contributed by atoms with Crippen LogP contribution in [0.3, 0.4) is 0 Å². The Morgan fingerprint density at radius 3 is 2.09 bits per heavy atom. The third-order valence-corrected chi connectivity index (χ3v) is 4.35. The van der Waals surface area contributed by atoms with Gasteiger partial charge in [0, 0.05) is 11.1 Å². The number of benzene rings is 2. The van der Waals surface area contributed by atoms with Crippen LogP contribution in [0.5, 0.6) is 0 Å². The van der Waals surface area contributed by atoms with Crippen molar-refractivity contribution in [1.82, 2.24) is 10.0 Å². The summed E-state index contributed by atoms with van der Waals surface area (Å²) in [5, 5.41) is 4.58. The summed E-state index contributed by atoms with van der Waals surface area (Å²) in [5.41, 5.74) is 3.64. The molecular formula is C19H20N4. The van der Waals surface area contributed by atoms with Gasteiger partial charge < -0.3 is 0 Å². The van der Waals surface area contributed by atoms with E-state index >= 15 is 0 Å². The molecule has 0 N–H and O–H groups in total. The average molecular weight is 304 g/mol. The minimum absolute atomic E-state index is 0.835. The summed E-state index contributed by atoms with van der Waals surface area (Å²) in [6.45, 7) is 5.64. The number of nitrogens with zero attached hydrogens (tertiary/aromatic N) is 4. The number of aliphatic imine (C=N–C) groups is 2. The van der Waals surface area contributed by atoms with Crippen LogP contribution in [-0.4, -0.2) is 47.9 Å². The first-order chi connectivity index (χ1) is 11.3. The van der Waals surface area contributed by atoms with Crippen LogP contribution >= 0.6 is 0 Å². The van der Waals surface area contributed by atoms with Crippen molar-refractivity contribution in [3.8, 4) is 0 Å². The van der Waals surface area contributed by atoms with Crippen molar-refractivity contribution < 1.29 is 0 Å². The van der Waals surface area contributed by atoms with Gasteiger partial charge in [-0.25, -0.2) is 0 Å². The summed E-state index contributed by atoms with van der Waals surface area (Å²) in [6, 6.07) is 18.9. The van der Waals surface area contributed by atoms with Crippen molar-refractivity contribution in [2.24, 2.45) is 9.98 Å². The zero-order chi connectivity index (χ0) is 15.6. The Morgan fingerprint density at radius 1 is 0.739 bits per heavy atom. The highest BCUT2D eigenvalue weighted by Gasteiger charge is 2.30. The fraction of sp³-hybridized carbons (Fsp3) is 0.263. The van der Waals surface area contributed by atoms with Crippen LogP contribution in [0.15, 0.2) is 64.6 Å². The molecule has 0 radical (unpaired) electrons. The maximum absolute atomic E-state index is 4.77. The molecule has 23 heavy (non-hydrogen) atoms. The molecule has 2 aliphatic heterocycles. The van der Waals surface area contributed by atoms with E-state index in [0.29, 0.717) is 0 Å². The first-order valence-electron chi connectivity index (χ1n) is 8.10. The monoisotopic (exact) mass is 304 g/mol. The lowest BCUT2D eigenvalue weighted by molar-refractivity contribution is 0.164. The van der Waals surface area contributed by atoms with Crippen LogP contribution in [0.1, 0.15) is 16.7 Å². The van der Waals surface area contributed by atoms with Crippen molar-refractivity contribution in [2.45, 2.75) is 6.92 Å². The summed E-state index contributed by atoms with van der Waals surface area (Å²) in [5.74, 6) is 2.11. The molecule has 2 aromatic carbocycles. The summed E-state index contributed by atoms with van der Waals surface area (Å²) in [4.78, 5) is 9.50. The van der Waals surface area contributed by atoms with E-state index in [1.807, 2.05) is 6.07 Å². The summed E-state index contributed by atoms with van der Waals surface area (Å²) in [6.07, 6.45) is 0. The molecule has 0 spiro atoms. The second-order valence-corrected chi connectivity index (χ2v) is 5.84.